The second-order valence-corrected chi connectivity index (χ2v) is 7.99. The first-order valence-electron chi connectivity index (χ1n) is 11.8. The van der Waals surface area contributed by atoms with Gasteiger partial charge in [0.25, 0.3) is 0 Å². The van der Waals surface area contributed by atoms with E-state index in [0.29, 0.717) is 0 Å². The molecular weight excluding hydrogens is 348 g/mol. The van der Waals surface area contributed by atoms with Crippen LogP contribution in [-0.2, 0) is 0 Å². The average molecular weight is 395 g/mol. The van der Waals surface area contributed by atoms with Gasteiger partial charge in [-0.25, -0.2) is 0 Å². The molecule has 0 heteroatoms. The van der Waals surface area contributed by atoms with Crippen LogP contribution in [0.4, 0.5) is 0 Å². The lowest BCUT2D eigenvalue weighted by atomic mass is 10.0. The van der Waals surface area contributed by atoms with Crippen LogP contribution in [0, 0.1) is 6.92 Å². The topological polar surface area (TPSA) is 0 Å². The summed E-state index contributed by atoms with van der Waals surface area (Å²) in [6.45, 7) is 17.0. The molecule has 2 aromatic carbocycles. The van der Waals surface area contributed by atoms with Gasteiger partial charge in [-0.05, 0) is 30.5 Å². The first-order valence-corrected chi connectivity index (χ1v) is 11.8. The van der Waals surface area contributed by atoms with Gasteiger partial charge in [-0.15, -0.1) is 0 Å². The zero-order chi connectivity index (χ0) is 21.9. The van der Waals surface area contributed by atoms with Gasteiger partial charge >= 0.3 is 0 Å². The van der Waals surface area contributed by atoms with E-state index in [2.05, 4.69) is 89.7 Å². The minimum absolute atomic E-state index is 1.11. The molecule has 0 atom stereocenters. The third-order valence-corrected chi connectivity index (χ3v) is 4.93. The third kappa shape index (κ3) is 13.9. The Morgan fingerprint density at radius 2 is 0.966 bits per heavy atom. The van der Waals surface area contributed by atoms with E-state index >= 15 is 0 Å². The van der Waals surface area contributed by atoms with E-state index < -0.39 is 0 Å². The van der Waals surface area contributed by atoms with Crippen LogP contribution < -0.4 is 0 Å². The molecule has 0 aliphatic carbocycles. The molecule has 0 heterocycles. The fourth-order valence-corrected chi connectivity index (χ4v) is 2.90. The van der Waals surface area contributed by atoms with Gasteiger partial charge in [-0.2, -0.15) is 0 Å². The largest absolute Gasteiger partial charge is 0.0955 e. The predicted octanol–water partition coefficient (Wildman–Crippen LogP) is 10.3. The Morgan fingerprint density at radius 1 is 0.586 bits per heavy atom. The van der Waals surface area contributed by atoms with Gasteiger partial charge in [0, 0.05) is 0 Å². The number of rotatable bonds is 9. The van der Waals surface area contributed by atoms with Gasteiger partial charge in [-0.1, -0.05) is 152 Å². The molecule has 0 aromatic heterocycles. The highest BCUT2D eigenvalue weighted by Crippen LogP contribution is 2.22. The van der Waals surface area contributed by atoms with Crippen LogP contribution in [0.1, 0.15) is 104 Å². The molecule has 0 saturated carbocycles. The lowest BCUT2D eigenvalue weighted by molar-refractivity contribution is 0.624. The number of benzene rings is 2. The van der Waals surface area contributed by atoms with E-state index in [-0.39, 0.29) is 0 Å². The van der Waals surface area contributed by atoms with Gasteiger partial charge in [0.2, 0.25) is 0 Å². The summed E-state index contributed by atoms with van der Waals surface area (Å²) < 4.78 is 0. The molecule has 0 bridgehead atoms. The summed E-state index contributed by atoms with van der Waals surface area (Å²) in [6, 6.07) is 17.1. The van der Waals surface area contributed by atoms with Crippen molar-refractivity contribution in [3.05, 3.63) is 66.2 Å². The van der Waals surface area contributed by atoms with Crippen LogP contribution in [0.5, 0.6) is 0 Å². The van der Waals surface area contributed by atoms with Gasteiger partial charge in [0.1, 0.15) is 0 Å². The van der Waals surface area contributed by atoms with Gasteiger partial charge < -0.3 is 0 Å². The molecule has 2 rings (SSSR count). The Kier molecular flexibility index (Phi) is 17.1. The standard InChI is InChI=1S/C16H16.C8H18.C5H12/c1-12(2)14-8-10-16(11-9-14)15-6-4-13(3)5-7-15;1-3-5-7-8-6-4-2;1-3-5-4-2/h4-11H,1H2,2-3H3;3-8H2,1-2H3;3-5H2,1-2H3. The normalized spacial score (nSPS) is 9.72. The number of aryl methyl sites for hydroxylation is 1. The average Bonchev–Trinajstić information content (AvgIpc) is 2.73. The van der Waals surface area contributed by atoms with E-state index in [1.54, 1.807) is 0 Å². The second-order valence-electron chi connectivity index (χ2n) is 7.99. The fourth-order valence-electron chi connectivity index (χ4n) is 2.90. The molecule has 0 aliphatic rings. The molecule has 29 heavy (non-hydrogen) atoms. The zero-order valence-corrected chi connectivity index (χ0v) is 20.2. The number of unbranched alkanes of at least 4 members (excludes halogenated alkanes) is 7. The van der Waals surface area contributed by atoms with Crippen LogP contribution in [0.25, 0.3) is 16.7 Å². The second kappa shape index (κ2) is 18.2. The highest BCUT2D eigenvalue weighted by Gasteiger charge is 1.98. The van der Waals surface area contributed by atoms with Crippen molar-refractivity contribution in [2.45, 2.75) is 99.3 Å². The summed E-state index contributed by atoms with van der Waals surface area (Å²) in [5.74, 6) is 0. The van der Waals surface area contributed by atoms with E-state index in [1.165, 1.54) is 80.0 Å². The number of hydrogen-bond donors (Lipinski definition) is 0. The molecule has 162 valence electrons. The van der Waals surface area contributed by atoms with E-state index in [9.17, 15) is 0 Å². The maximum atomic E-state index is 3.94. The molecule has 0 N–H and O–H groups in total. The molecule has 0 radical (unpaired) electrons. The summed E-state index contributed by atoms with van der Waals surface area (Å²) >= 11 is 0. The summed E-state index contributed by atoms with van der Waals surface area (Å²) in [7, 11) is 0. The lowest BCUT2D eigenvalue weighted by Crippen LogP contribution is -1.81. The quantitative estimate of drug-likeness (QED) is 0.371. The molecule has 0 aliphatic heterocycles. The van der Waals surface area contributed by atoms with E-state index in [1.807, 2.05) is 6.92 Å². The molecule has 2 aromatic rings. The zero-order valence-electron chi connectivity index (χ0n) is 20.2. The van der Waals surface area contributed by atoms with Crippen molar-refractivity contribution in [1.29, 1.82) is 0 Å². The maximum Gasteiger partial charge on any atom is -0.0184 e. The van der Waals surface area contributed by atoms with Crippen LogP contribution in [-0.4, -0.2) is 0 Å². The van der Waals surface area contributed by atoms with Gasteiger partial charge in [0.05, 0.1) is 0 Å². The third-order valence-electron chi connectivity index (χ3n) is 4.93. The smallest absolute Gasteiger partial charge is 0.0184 e. The van der Waals surface area contributed by atoms with Crippen LogP contribution >= 0.6 is 0 Å². The lowest BCUT2D eigenvalue weighted by Gasteiger charge is -2.04. The monoisotopic (exact) mass is 394 g/mol. The minimum atomic E-state index is 1.11. The molecular formula is C29H46. The summed E-state index contributed by atoms with van der Waals surface area (Å²) in [6.07, 6.45) is 12.6. The number of hydrogen-bond acceptors (Lipinski definition) is 0. The maximum absolute atomic E-state index is 3.94. The summed E-state index contributed by atoms with van der Waals surface area (Å²) in [4.78, 5) is 0. The van der Waals surface area contributed by atoms with Crippen molar-refractivity contribution in [2.24, 2.45) is 0 Å². The van der Waals surface area contributed by atoms with Crippen LogP contribution in [0.3, 0.4) is 0 Å². The fraction of sp³-hybridized carbons (Fsp3) is 0.517. The predicted molar refractivity (Wildman–Crippen MR) is 136 cm³/mol. The molecule has 0 unspecified atom stereocenters. The molecule has 0 spiro atoms. The number of allylic oxidation sites excluding steroid dienone is 1. The highest BCUT2D eigenvalue weighted by atomic mass is 14.0. The molecule has 0 amide bonds. The van der Waals surface area contributed by atoms with Gasteiger partial charge in [0.15, 0.2) is 0 Å². The van der Waals surface area contributed by atoms with Crippen molar-refractivity contribution in [1.82, 2.24) is 0 Å². The molecule has 0 fully saturated rings. The SMILES string of the molecule is C=C(C)c1ccc(-c2ccc(C)cc2)cc1.CCCCC.CCCCCCCC. The van der Waals surface area contributed by atoms with Crippen molar-refractivity contribution >= 4 is 5.57 Å². The van der Waals surface area contributed by atoms with Crippen LogP contribution in [0.2, 0.25) is 0 Å². The van der Waals surface area contributed by atoms with E-state index in [4.69, 9.17) is 0 Å². The summed E-state index contributed by atoms with van der Waals surface area (Å²) in [5.41, 5.74) is 6.12. The van der Waals surface area contributed by atoms with Gasteiger partial charge in [-0.3, -0.25) is 0 Å². The Balaban J connectivity index is 0.000000506. The first-order chi connectivity index (χ1) is 14.0. The Bertz CT molecular complexity index is 608. The van der Waals surface area contributed by atoms with Crippen molar-refractivity contribution in [2.75, 3.05) is 0 Å². The Labute approximate surface area is 182 Å². The Hall–Kier alpha value is -1.82. The summed E-state index contributed by atoms with van der Waals surface area (Å²) in [5, 5.41) is 0. The molecule has 0 nitrogen and oxygen atoms in total. The highest BCUT2D eigenvalue weighted by molar-refractivity contribution is 5.68. The first kappa shape index (κ1) is 27.2. The van der Waals surface area contributed by atoms with Crippen LogP contribution in [0.15, 0.2) is 55.1 Å². The van der Waals surface area contributed by atoms with Crippen molar-refractivity contribution in [3.8, 4) is 11.1 Å². The molecule has 0 saturated heterocycles. The van der Waals surface area contributed by atoms with Crippen molar-refractivity contribution < 1.29 is 0 Å². The van der Waals surface area contributed by atoms with E-state index in [0.717, 1.165) is 5.57 Å². The Morgan fingerprint density at radius 3 is 1.28 bits per heavy atom. The minimum Gasteiger partial charge on any atom is -0.0955 e. The van der Waals surface area contributed by atoms with Crippen molar-refractivity contribution in [3.63, 3.8) is 0 Å².